The van der Waals surface area contributed by atoms with Gasteiger partial charge in [0.25, 0.3) is 0 Å². The first-order chi connectivity index (χ1) is 22.6. The predicted molar refractivity (Wildman–Crippen MR) is 178 cm³/mol. The van der Waals surface area contributed by atoms with E-state index in [9.17, 15) is 24.0 Å². The summed E-state index contributed by atoms with van der Waals surface area (Å²) in [6.07, 6.45) is 5.88. The van der Waals surface area contributed by atoms with Crippen LogP contribution in [0.3, 0.4) is 0 Å². The molecule has 4 amide bonds. The molecule has 0 radical (unpaired) electrons. The van der Waals surface area contributed by atoms with Crippen molar-refractivity contribution in [2.24, 2.45) is 0 Å². The van der Waals surface area contributed by atoms with E-state index in [-0.39, 0.29) is 51.9 Å². The van der Waals surface area contributed by atoms with Crippen LogP contribution in [0.5, 0.6) is 5.75 Å². The molecule has 254 valence electrons. The van der Waals surface area contributed by atoms with Crippen LogP contribution in [0.1, 0.15) is 73.5 Å². The van der Waals surface area contributed by atoms with Gasteiger partial charge in [-0.3, -0.25) is 0 Å². The molecular weight excluding hydrogens is 665 g/mol. The van der Waals surface area contributed by atoms with E-state index in [4.69, 9.17) is 9.47 Å². The number of carbonyl (C=O) groups excluding carboxylic acids is 5. The number of hydrogen-bond donors (Lipinski definition) is 1. The summed E-state index contributed by atoms with van der Waals surface area (Å²) in [6.45, 7) is 8.22. The zero-order chi connectivity index (χ0) is 33.5. The number of nitrogens with one attached hydrogen (secondary N) is 1. The van der Waals surface area contributed by atoms with Crippen molar-refractivity contribution in [2.75, 3.05) is 45.9 Å². The van der Waals surface area contributed by atoms with Gasteiger partial charge in [-0.05, 0) is 19.3 Å². The first-order valence-corrected chi connectivity index (χ1v) is 19.3. The van der Waals surface area contributed by atoms with Gasteiger partial charge in [0, 0.05) is 0 Å². The van der Waals surface area contributed by atoms with Gasteiger partial charge in [0.15, 0.2) is 0 Å². The normalized spacial score (nSPS) is 18.4. The average molecular weight is 712 g/mol. The third kappa shape index (κ3) is 8.63. The van der Waals surface area contributed by atoms with Crippen molar-refractivity contribution in [3.8, 4) is 5.75 Å². The Kier molecular flexibility index (Phi) is 11.8. The number of likely N-dealkylation sites (tertiary alicyclic amines) is 1. The Morgan fingerprint density at radius 1 is 0.915 bits per heavy atom. The third-order valence-electron chi connectivity index (χ3n) is 9.31. The molecule has 47 heavy (non-hydrogen) atoms. The molecule has 5 rings (SSSR count). The van der Waals surface area contributed by atoms with Crippen LogP contribution < -0.4 is 10.1 Å². The molecule has 0 spiro atoms. The summed E-state index contributed by atoms with van der Waals surface area (Å²) < 4.78 is 11.2. The summed E-state index contributed by atoms with van der Waals surface area (Å²) in [4.78, 5) is 74.3. The fraction of sp³-hybridized carbons (Fsp3) is 0.588. The molecule has 13 heteroatoms. The molecule has 2 aliphatic heterocycles. The maximum atomic E-state index is 13.4. The SMILES string of the molecule is CCCCOC(=O)N1CCN(C(=O)C[AsH]C(=O)c2cc(OCC(=O)N3CCCC3C(=O)NC3CCC3)c3cc(C)c(C)cc3n2)CC1. The van der Waals surface area contributed by atoms with Crippen molar-refractivity contribution in [1.29, 1.82) is 0 Å². The number of aryl methyl sites for hydroxylation is 2. The third-order valence-corrected chi connectivity index (χ3v) is 11.5. The van der Waals surface area contributed by atoms with Crippen LogP contribution >= 0.6 is 0 Å². The second-order valence-corrected chi connectivity index (χ2v) is 15.1. The van der Waals surface area contributed by atoms with Crippen molar-refractivity contribution >= 4 is 55.0 Å². The van der Waals surface area contributed by atoms with Crippen molar-refractivity contribution in [1.82, 2.24) is 25.0 Å². The van der Waals surface area contributed by atoms with Gasteiger partial charge in [-0.25, -0.2) is 0 Å². The molecule has 2 atom stereocenters. The molecule has 1 aromatic heterocycles. The average Bonchev–Trinajstić information content (AvgIpc) is 3.55. The molecule has 12 nitrogen and oxygen atoms in total. The fourth-order valence-electron chi connectivity index (χ4n) is 5.99. The quantitative estimate of drug-likeness (QED) is 0.262. The topological polar surface area (TPSA) is 138 Å². The van der Waals surface area contributed by atoms with E-state index in [1.807, 2.05) is 32.9 Å². The summed E-state index contributed by atoms with van der Waals surface area (Å²) in [5.41, 5.74) is 2.83. The monoisotopic (exact) mass is 711 g/mol. The summed E-state index contributed by atoms with van der Waals surface area (Å²) in [5.74, 6) is -0.0940. The van der Waals surface area contributed by atoms with Gasteiger partial charge in [0.2, 0.25) is 0 Å². The Morgan fingerprint density at radius 3 is 2.34 bits per heavy atom. The number of hydrogen-bond acceptors (Lipinski definition) is 8. The Bertz CT molecular complexity index is 1510. The Labute approximate surface area is 282 Å². The van der Waals surface area contributed by atoms with Crippen LogP contribution in [0.25, 0.3) is 10.9 Å². The van der Waals surface area contributed by atoms with E-state index in [1.165, 1.54) is 0 Å². The molecule has 3 heterocycles. The molecule has 3 fully saturated rings. The molecule has 2 aromatic rings. The number of amides is 4. The van der Waals surface area contributed by atoms with Crippen molar-refractivity contribution in [2.45, 2.75) is 83.0 Å². The van der Waals surface area contributed by atoms with Crippen LogP contribution in [0.2, 0.25) is 5.21 Å². The second kappa shape index (κ2) is 16.0. The van der Waals surface area contributed by atoms with Gasteiger partial charge in [-0.1, -0.05) is 0 Å². The predicted octanol–water partition coefficient (Wildman–Crippen LogP) is 2.97. The van der Waals surface area contributed by atoms with Gasteiger partial charge in [0.05, 0.1) is 0 Å². The van der Waals surface area contributed by atoms with Crippen LogP contribution in [-0.4, -0.2) is 122 Å². The number of pyridine rings is 1. The van der Waals surface area contributed by atoms with Crippen molar-refractivity contribution in [3.63, 3.8) is 0 Å². The fourth-order valence-corrected chi connectivity index (χ4v) is 7.76. The van der Waals surface area contributed by atoms with Crippen LogP contribution in [0.4, 0.5) is 4.79 Å². The minimum atomic E-state index is -1.39. The van der Waals surface area contributed by atoms with E-state index in [0.717, 1.165) is 49.7 Å². The van der Waals surface area contributed by atoms with Crippen molar-refractivity contribution < 1.29 is 33.4 Å². The molecule has 2 saturated heterocycles. The Hall–Kier alpha value is -3.66. The molecule has 1 saturated carbocycles. The minimum absolute atomic E-state index is 0.0975. The van der Waals surface area contributed by atoms with E-state index in [2.05, 4.69) is 10.3 Å². The number of piperazine rings is 1. The maximum absolute atomic E-state index is 13.4. The first-order valence-electron chi connectivity index (χ1n) is 16.8. The van der Waals surface area contributed by atoms with Gasteiger partial charge in [-0.2, -0.15) is 0 Å². The number of nitrogens with zero attached hydrogens (tertiary/aromatic N) is 4. The molecule has 0 bridgehead atoms. The van der Waals surface area contributed by atoms with Crippen LogP contribution in [0.15, 0.2) is 18.2 Å². The van der Waals surface area contributed by atoms with E-state index in [1.54, 1.807) is 20.8 Å². The van der Waals surface area contributed by atoms with Crippen molar-refractivity contribution in [3.05, 3.63) is 35.0 Å². The zero-order valence-corrected chi connectivity index (χ0v) is 29.7. The Balaban J connectivity index is 1.20. The summed E-state index contributed by atoms with van der Waals surface area (Å²) in [7, 11) is 0. The van der Waals surface area contributed by atoms with E-state index in [0.29, 0.717) is 62.4 Å². The standard InChI is InChI=1S/C34H46AsN5O7/c1-4-5-16-46-34(45)39-14-12-38(13-15-39)30(41)20-35-32(43)27-19-29(25-17-22(2)23(3)18-26(25)37-27)47-21-31(42)40-11-7-10-28(40)33(44)36-24-8-6-9-24/h17-19,24,28,35H,4-16,20-21H2,1-3H3,(H,36,44). The molecule has 3 aliphatic rings. The summed E-state index contributed by atoms with van der Waals surface area (Å²) >= 11 is -1.39. The number of fused-ring (bicyclic) bond motifs is 1. The first kappa shape index (κ1) is 34.7. The van der Waals surface area contributed by atoms with Gasteiger partial charge < -0.3 is 0 Å². The molecule has 1 N–H and O–H groups in total. The number of benzene rings is 1. The van der Waals surface area contributed by atoms with Gasteiger partial charge >= 0.3 is 264 Å². The molecule has 1 aromatic carbocycles. The number of rotatable bonds is 12. The molecule has 1 aliphatic carbocycles. The van der Waals surface area contributed by atoms with Crippen LogP contribution in [0, 0.1) is 13.8 Å². The number of carbonyl (C=O) groups is 5. The number of ether oxygens (including phenoxy) is 2. The number of aromatic nitrogens is 1. The van der Waals surface area contributed by atoms with E-state index >= 15 is 0 Å². The van der Waals surface area contributed by atoms with Gasteiger partial charge in [0.1, 0.15) is 0 Å². The molecule has 2 unspecified atom stereocenters. The Morgan fingerprint density at radius 2 is 1.64 bits per heavy atom. The van der Waals surface area contributed by atoms with E-state index < -0.39 is 21.8 Å². The second-order valence-electron chi connectivity index (χ2n) is 12.6. The number of unbranched alkanes of at least 4 members (excludes halogenated alkanes) is 1. The summed E-state index contributed by atoms with van der Waals surface area (Å²) in [5, 5.41) is 3.90. The van der Waals surface area contributed by atoms with Crippen LogP contribution in [-0.2, 0) is 19.1 Å². The van der Waals surface area contributed by atoms with Gasteiger partial charge in [-0.15, -0.1) is 0 Å². The molecular formula is C34H46AsN5O7. The summed E-state index contributed by atoms with van der Waals surface area (Å²) in [6, 6.07) is 5.13. The zero-order valence-electron chi connectivity index (χ0n) is 27.6.